The third kappa shape index (κ3) is 4.08. The van der Waals surface area contributed by atoms with Crippen molar-refractivity contribution in [1.82, 2.24) is 20.8 Å². The zero-order valence-corrected chi connectivity index (χ0v) is 16.3. The van der Waals surface area contributed by atoms with Crippen molar-refractivity contribution < 1.29 is 14.3 Å². The Balaban J connectivity index is 0.00000225. The summed E-state index contributed by atoms with van der Waals surface area (Å²) in [7, 11) is 3.16. The fraction of sp³-hybridized carbons (Fsp3) is 0.375. The van der Waals surface area contributed by atoms with Crippen LogP contribution in [-0.4, -0.2) is 36.9 Å². The van der Waals surface area contributed by atoms with E-state index in [0.717, 1.165) is 34.3 Å². The number of nitrogens with zero attached hydrogens (tertiary/aromatic N) is 1. The average Bonchev–Trinajstić information content (AvgIpc) is 3.04. The minimum atomic E-state index is -0.196. The molecular weight excluding hydrogens is 412 g/mol. The molecule has 0 fully saturated rings. The Bertz CT molecular complexity index is 766. The van der Waals surface area contributed by atoms with Gasteiger partial charge >= 0.3 is 0 Å². The topological polar surface area (TPSA) is 88.3 Å². The van der Waals surface area contributed by atoms with Gasteiger partial charge in [0, 0.05) is 41.8 Å². The number of H-pyrrole nitrogens is 1. The quantitative estimate of drug-likeness (QED) is 0.675. The zero-order chi connectivity index (χ0) is 17.1. The first kappa shape index (κ1) is 19.6. The third-order valence-electron chi connectivity index (χ3n) is 4.01. The number of methoxy groups -OCH3 is 2. The summed E-state index contributed by atoms with van der Waals surface area (Å²) < 4.78 is 11.4. The van der Waals surface area contributed by atoms with Crippen molar-refractivity contribution in [2.24, 2.45) is 0 Å². The molecule has 1 aromatic heterocycles. The van der Waals surface area contributed by atoms with E-state index in [1.54, 1.807) is 14.2 Å². The minimum absolute atomic E-state index is 0. The van der Waals surface area contributed by atoms with Gasteiger partial charge in [0.25, 0.3) is 5.91 Å². The summed E-state index contributed by atoms with van der Waals surface area (Å²) in [6.45, 7) is 1.91. The number of hydrogen-bond donors (Lipinski definition) is 3. The highest BCUT2D eigenvalue weighted by molar-refractivity contribution is 9.10. The maximum Gasteiger partial charge on any atom is 0.272 e. The molecular formula is C16H20BrClN4O3. The van der Waals surface area contributed by atoms with E-state index in [4.69, 9.17) is 9.47 Å². The molecule has 1 amide bonds. The molecule has 1 aliphatic rings. The highest BCUT2D eigenvalue weighted by Gasteiger charge is 2.21. The Labute approximate surface area is 160 Å². The highest BCUT2D eigenvalue weighted by Crippen LogP contribution is 2.33. The van der Waals surface area contributed by atoms with E-state index >= 15 is 0 Å². The molecule has 9 heteroatoms. The van der Waals surface area contributed by atoms with Crippen LogP contribution < -0.4 is 20.1 Å². The molecule has 1 aromatic carbocycles. The molecule has 25 heavy (non-hydrogen) atoms. The molecule has 0 saturated heterocycles. The van der Waals surface area contributed by atoms with Gasteiger partial charge < -0.3 is 20.1 Å². The van der Waals surface area contributed by atoms with Gasteiger partial charge in [0.05, 0.1) is 14.2 Å². The summed E-state index contributed by atoms with van der Waals surface area (Å²) in [6, 6.07) is 3.66. The molecule has 0 bridgehead atoms. The lowest BCUT2D eigenvalue weighted by molar-refractivity contribution is 0.0944. The highest BCUT2D eigenvalue weighted by atomic mass is 79.9. The molecule has 2 aromatic rings. The fourth-order valence-electron chi connectivity index (χ4n) is 2.70. The van der Waals surface area contributed by atoms with Crippen molar-refractivity contribution in [3.63, 3.8) is 0 Å². The van der Waals surface area contributed by atoms with Crippen LogP contribution in [0.4, 0.5) is 0 Å². The van der Waals surface area contributed by atoms with E-state index in [9.17, 15) is 4.79 Å². The lowest BCUT2D eigenvalue weighted by atomic mass is 10.1. The minimum Gasteiger partial charge on any atom is -0.493 e. The predicted molar refractivity (Wildman–Crippen MR) is 99.7 cm³/mol. The van der Waals surface area contributed by atoms with Gasteiger partial charge in [0.1, 0.15) is 0 Å². The standard InChI is InChI=1S/C16H19BrN4O3.ClH/c1-23-13-5-9(11(17)6-14(13)24-2)7-19-16(22)15-10-8-18-4-3-12(10)20-21-15;/h5-6,18H,3-4,7-8H2,1-2H3,(H,19,22)(H,20,21);1H. The first-order valence-electron chi connectivity index (χ1n) is 7.59. The van der Waals surface area contributed by atoms with Crippen LogP contribution in [0.3, 0.4) is 0 Å². The molecule has 0 spiro atoms. The Kier molecular flexibility index (Phi) is 6.69. The number of nitrogens with one attached hydrogen (secondary N) is 3. The molecule has 7 nitrogen and oxygen atoms in total. The summed E-state index contributed by atoms with van der Waals surface area (Å²) in [6.07, 6.45) is 0.858. The van der Waals surface area contributed by atoms with Crippen LogP contribution in [0.25, 0.3) is 0 Å². The van der Waals surface area contributed by atoms with Crippen molar-refractivity contribution >= 4 is 34.2 Å². The first-order valence-corrected chi connectivity index (χ1v) is 8.38. The van der Waals surface area contributed by atoms with Crippen molar-refractivity contribution in [3.8, 4) is 11.5 Å². The number of hydrogen-bond acceptors (Lipinski definition) is 5. The van der Waals surface area contributed by atoms with Gasteiger partial charge in [-0.3, -0.25) is 9.89 Å². The monoisotopic (exact) mass is 430 g/mol. The summed E-state index contributed by atoms with van der Waals surface area (Å²) in [5, 5.41) is 13.3. The van der Waals surface area contributed by atoms with Crippen molar-refractivity contribution in [3.05, 3.63) is 39.1 Å². The molecule has 0 radical (unpaired) electrons. The molecule has 0 aliphatic carbocycles. The van der Waals surface area contributed by atoms with Gasteiger partial charge in [-0.25, -0.2) is 0 Å². The van der Waals surface area contributed by atoms with Crippen molar-refractivity contribution in [1.29, 1.82) is 0 Å². The van der Waals surface area contributed by atoms with Crippen LogP contribution in [0.2, 0.25) is 0 Å². The number of carbonyl (C=O) groups excluding carboxylic acids is 1. The van der Waals surface area contributed by atoms with Gasteiger partial charge in [0.2, 0.25) is 0 Å². The molecule has 0 unspecified atom stereocenters. The van der Waals surface area contributed by atoms with Gasteiger partial charge in [0.15, 0.2) is 17.2 Å². The summed E-state index contributed by atoms with van der Waals surface area (Å²) in [5.74, 6) is 1.05. The number of aromatic amines is 1. The van der Waals surface area contributed by atoms with Gasteiger partial charge in [-0.1, -0.05) is 15.9 Å². The molecule has 0 saturated carbocycles. The van der Waals surface area contributed by atoms with Crippen LogP contribution in [-0.2, 0) is 19.5 Å². The Morgan fingerprint density at radius 3 is 2.76 bits per heavy atom. The lowest BCUT2D eigenvalue weighted by Gasteiger charge is -2.14. The second-order valence-corrected chi connectivity index (χ2v) is 6.29. The fourth-order valence-corrected chi connectivity index (χ4v) is 3.17. The molecule has 2 heterocycles. The van der Waals surface area contributed by atoms with E-state index in [-0.39, 0.29) is 18.3 Å². The number of halogens is 2. The van der Waals surface area contributed by atoms with Crippen LogP contribution >= 0.6 is 28.3 Å². The number of benzene rings is 1. The van der Waals surface area contributed by atoms with E-state index < -0.39 is 0 Å². The number of aromatic nitrogens is 2. The Morgan fingerprint density at radius 2 is 2.04 bits per heavy atom. The normalized spacial score (nSPS) is 12.8. The van der Waals surface area contributed by atoms with Crippen LogP contribution in [0.5, 0.6) is 11.5 Å². The molecule has 3 rings (SSSR count). The van der Waals surface area contributed by atoms with Crippen LogP contribution in [0, 0.1) is 0 Å². The van der Waals surface area contributed by atoms with Crippen LogP contribution in [0.1, 0.15) is 27.3 Å². The van der Waals surface area contributed by atoms with E-state index in [1.165, 1.54) is 0 Å². The third-order valence-corrected chi connectivity index (χ3v) is 4.75. The number of rotatable bonds is 5. The maximum absolute atomic E-state index is 12.4. The average molecular weight is 432 g/mol. The van der Waals surface area contributed by atoms with E-state index in [0.29, 0.717) is 30.3 Å². The maximum atomic E-state index is 12.4. The number of ether oxygens (including phenoxy) is 2. The second-order valence-electron chi connectivity index (χ2n) is 5.44. The summed E-state index contributed by atoms with van der Waals surface area (Å²) >= 11 is 3.49. The first-order chi connectivity index (χ1) is 11.6. The Morgan fingerprint density at radius 1 is 1.32 bits per heavy atom. The van der Waals surface area contributed by atoms with E-state index in [1.807, 2.05) is 12.1 Å². The summed E-state index contributed by atoms with van der Waals surface area (Å²) in [4.78, 5) is 12.4. The van der Waals surface area contributed by atoms with Crippen molar-refractivity contribution in [2.75, 3.05) is 20.8 Å². The second kappa shape index (κ2) is 8.55. The molecule has 1 aliphatic heterocycles. The zero-order valence-electron chi connectivity index (χ0n) is 13.9. The summed E-state index contributed by atoms with van der Waals surface area (Å²) in [5.41, 5.74) is 3.33. The lowest BCUT2D eigenvalue weighted by Crippen LogP contribution is -2.28. The van der Waals surface area contributed by atoms with Gasteiger partial charge in [-0.05, 0) is 17.7 Å². The number of fused-ring (bicyclic) bond motifs is 1. The molecule has 3 N–H and O–H groups in total. The Hall–Kier alpha value is -1.77. The molecule has 136 valence electrons. The van der Waals surface area contributed by atoms with Crippen molar-refractivity contribution in [2.45, 2.75) is 19.5 Å². The molecule has 0 atom stereocenters. The largest absolute Gasteiger partial charge is 0.493 e. The van der Waals surface area contributed by atoms with Gasteiger partial charge in [-0.15, -0.1) is 12.4 Å². The van der Waals surface area contributed by atoms with E-state index in [2.05, 4.69) is 36.8 Å². The van der Waals surface area contributed by atoms with Crippen LogP contribution in [0.15, 0.2) is 16.6 Å². The smallest absolute Gasteiger partial charge is 0.272 e. The number of amides is 1. The van der Waals surface area contributed by atoms with Gasteiger partial charge in [-0.2, -0.15) is 5.10 Å². The SMILES string of the molecule is COc1cc(Br)c(CNC(=O)c2n[nH]c3c2CNCC3)cc1OC.Cl. The number of carbonyl (C=O) groups is 1. The predicted octanol–water partition coefficient (Wildman–Crippen LogP) is 2.19.